The van der Waals surface area contributed by atoms with E-state index in [0.717, 1.165) is 0 Å². The minimum Gasteiger partial charge on any atom is -0.464 e. The highest BCUT2D eigenvalue weighted by molar-refractivity contribution is 5.81. The van der Waals surface area contributed by atoms with E-state index in [1.54, 1.807) is 43.5 Å². The van der Waals surface area contributed by atoms with E-state index in [0.29, 0.717) is 5.69 Å². The van der Waals surface area contributed by atoms with Crippen molar-refractivity contribution in [2.75, 3.05) is 11.9 Å². The number of para-hydroxylation sites is 2. The van der Waals surface area contributed by atoms with Gasteiger partial charge < -0.3 is 10.1 Å². The number of nitrogens with zero attached hydrogens (tertiary/aromatic N) is 2. The number of esters is 1. The van der Waals surface area contributed by atoms with E-state index < -0.39 is 16.9 Å². The number of ether oxygens (including phenoxy) is 1. The Morgan fingerprint density at radius 2 is 2.04 bits per heavy atom. The average molecular weight is 315 g/mol. The standard InChI is InChI=1S/C16H17N3O4/c1-2-23-16(20)14(11-12-7-5-6-10-17-12)18-13-8-3-4-9-15(13)19(21)22/h3-10,14,18H,2,11H2,1H3. The zero-order valence-corrected chi connectivity index (χ0v) is 12.6. The Kier molecular flexibility index (Phi) is 5.62. The molecule has 1 aromatic carbocycles. The summed E-state index contributed by atoms with van der Waals surface area (Å²) in [5, 5.41) is 14.0. The lowest BCUT2D eigenvalue weighted by molar-refractivity contribution is -0.384. The Morgan fingerprint density at radius 3 is 2.70 bits per heavy atom. The number of nitrogens with one attached hydrogen (secondary N) is 1. The van der Waals surface area contributed by atoms with Gasteiger partial charge in [-0.05, 0) is 25.1 Å². The third-order valence-electron chi connectivity index (χ3n) is 3.14. The number of aromatic nitrogens is 1. The van der Waals surface area contributed by atoms with Crippen LogP contribution in [-0.4, -0.2) is 28.5 Å². The fourth-order valence-corrected chi connectivity index (χ4v) is 2.11. The molecule has 1 unspecified atom stereocenters. The second-order valence-electron chi connectivity index (χ2n) is 4.75. The molecule has 2 aromatic rings. The lowest BCUT2D eigenvalue weighted by Crippen LogP contribution is -2.34. The van der Waals surface area contributed by atoms with Crippen molar-refractivity contribution in [3.8, 4) is 0 Å². The second-order valence-corrected chi connectivity index (χ2v) is 4.75. The van der Waals surface area contributed by atoms with Gasteiger partial charge in [-0.15, -0.1) is 0 Å². The van der Waals surface area contributed by atoms with E-state index in [4.69, 9.17) is 4.74 Å². The van der Waals surface area contributed by atoms with Gasteiger partial charge in [-0.2, -0.15) is 0 Å². The van der Waals surface area contributed by atoms with Gasteiger partial charge in [0.15, 0.2) is 0 Å². The van der Waals surface area contributed by atoms with Crippen LogP contribution in [0.15, 0.2) is 48.7 Å². The number of hydrogen-bond acceptors (Lipinski definition) is 6. The van der Waals surface area contributed by atoms with Crippen LogP contribution in [0.25, 0.3) is 0 Å². The minimum absolute atomic E-state index is 0.0946. The predicted octanol–water partition coefficient (Wildman–Crippen LogP) is 2.58. The van der Waals surface area contributed by atoms with Crippen LogP contribution in [0.2, 0.25) is 0 Å². The van der Waals surface area contributed by atoms with Crippen molar-refractivity contribution >= 4 is 17.3 Å². The maximum atomic E-state index is 12.2. The molecule has 0 fully saturated rings. The van der Waals surface area contributed by atoms with Crippen LogP contribution in [0, 0.1) is 10.1 Å². The summed E-state index contributed by atoms with van der Waals surface area (Å²) in [6.45, 7) is 1.94. The first-order valence-electron chi connectivity index (χ1n) is 7.18. The van der Waals surface area contributed by atoms with Crippen LogP contribution in [0.5, 0.6) is 0 Å². The molecule has 120 valence electrons. The molecule has 1 aromatic heterocycles. The van der Waals surface area contributed by atoms with E-state index >= 15 is 0 Å². The molecule has 0 amide bonds. The van der Waals surface area contributed by atoms with Gasteiger partial charge in [0.25, 0.3) is 5.69 Å². The number of carbonyl (C=O) groups excluding carboxylic acids is 1. The number of pyridine rings is 1. The molecule has 7 nitrogen and oxygen atoms in total. The summed E-state index contributed by atoms with van der Waals surface area (Å²) in [7, 11) is 0. The van der Waals surface area contributed by atoms with Crippen LogP contribution >= 0.6 is 0 Å². The first-order chi connectivity index (χ1) is 11.1. The third kappa shape index (κ3) is 4.50. The Hall–Kier alpha value is -2.96. The molecule has 0 aliphatic heterocycles. The Morgan fingerprint density at radius 1 is 1.30 bits per heavy atom. The molecule has 2 rings (SSSR count). The fourth-order valence-electron chi connectivity index (χ4n) is 2.11. The number of anilines is 1. The zero-order chi connectivity index (χ0) is 16.7. The number of benzene rings is 1. The Balaban J connectivity index is 2.24. The summed E-state index contributed by atoms with van der Waals surface area (Å²) in [6.07, 6.45) is 1.90. The first kappa shape index (κ1) is 16.4. The van der Waals surface area contributed by atoms with Crippen molar-refractivity contribution in [3.05, 3.63) is 64.5 Å². The molecule has 0 aliphatic rings. The highest BCUT2D eigenvalue weighted by Gasteiger charge is 2.24. The normalized spacial score (nSPS) is 11.5. The zero-order valence-electron chi connectivity index (χ0n) is 12.6. The topological polar surface area (TPSA) is 94.4 Å². The summed E-state index contributed by atoms with van der Waals surface area (Å²) >= 11 is 0. The molecular weight excluding hydrogens is 298 g/mol. The number of rotatable bonds is 7. The Labute approximate surface area is 133 Å². The summed E-state index contributed by atoms with van der Waals surface area (Å²) in [6, 6.07) is 10.8. The molecule has 0 saturated carbocycles. The van der Waals surface area contributed by atoms with Gasteiger partial charge in [-0.25, -0.2) is 4.79 Å². The maximum Gasteiger partial charge on any atom is 0.328 e. The molecule has 23 heavy (non-hydrogen) atoms. The van der Waals surface area contributed by atoms with Crippen molar-refractivity contribution < 1.29 is 14.5 Å². The second kappa shape index (κ2) is 7.88. The monoisotopic (exact) mass is 315 g/mol. The van der Waals surface area contributed by atoms with E-state index in [9.17, 15) is 14.9 Å². The van der Waals surface area contributed by atoms with Gasteiger partial charge in [0.05, 0.1) is 11.5 Å². The smallest absolute Gasteiger partial charge is 0.328 e. The van der Waals surface area contributed by atoms with Crippen molar-refractivity contribution in [1.29, 1.82) is 0 Å². The van der Waals surface area contributed by atoms with Gasteiger partial charge in [0.1, 0.15) is 11.7 Å². The lowest BCUT2D eigenvalue weighted by Gasteiger charge is -2.18. The van der Waals surface area contributed by atoms with Crippen LogP contribution < -0.4 is 5.32 Å². The van der Waals surface area contributed by atoms with Crippen LogP contribution in [0.4, 0.5) is 11.4 Å². The SMILES string of the molecule is CCOC(=O)C(Cc1ccccn1)Nc1ccccc1[N+](=O)[O-]. The van der Waals surface area contributed by atoms with E-state index in [2.05, 4.69) is 10.3 Å². The average Bonchev–Trinajstić information content (AvgIpc) is 2.55. The summed E-state index contributed by atoms with van der Waals surface area (Å²) in [5.74, 6) is -0.476. The van der Waals surface area contributed by atoms with Crippen molar-refractivity contribution in [2.24, 2.45) is 0 Å². The molecule has 1 atom stereocenters. The van der Waals surface area contributed by atoms with Gasteiger partial charge in [0.2, 0.25) is 0 Å². The predicted molar refractivity (Wildman–Crippen MR) is 85.1 cm³/mol. The number of hydrogen-bond donors (Lipinski definition) is 1. The van der Waals surface area contributed by atoms with Gasteiger partial charge in [0, 0.05) is 24.4 Å². The summed E-state index contributed by atoms with van der Waals surface area (Å²) in [4.78, 5) is 26.9. The van der Waals surface area contributed by atoms with Gasteiger partial charge in [-0.3, -0.25) is 15.1 Å². The summed E-state index contributed by atoms with van der Waals surface area (Å²) in [5.41, 5.74) is 0.867. The van der Waals surface area contributed by atoms with Crippen LogP contribution in [0.1, 0.15) is 12.6 Å². The van der Waals surface area contributed by atoms with Crippen LogP contribution in [0.3, 0.4) is 0 Å². The first-order valence-corrected chi connectivity index (χ1v) is 7.18. The minimum atomic E-state index is -0.758. The number of nitro benzene ring substituents is 1. The molecule has 0 spiro atoms. The molecular formula is C16H17N3O4. The lowest BCUT2D eigenvalue weighted by atomic mass is 10.1. The van der Waals surface area contributed by atoms with Crippen molar-refractivity contribution in [1.82, 2.24) is 4.98 Å². The largest absolute Gasteiger partial charge is 0.464 e. The summed E-state index contributed by atoms with van der Waals surface area (Å²) < 4.78 is 5.05. The van der Waals surface area contributed by atoms with Gasteiger partial charge in [-0.1, -0.05) is 18.2 Å². The Bertz CT molecular complexity index is 676. The van der Waals surface area contributed by atoms with E-state index in [1.807, 2.05) is 6.07 Å². The van der Waals surface area contributed by atoms with Crippen molar-refractivity contribution in [2.45, 2.75) is 19.4 Å². The van der Waals surface area contributed by atoms with Crippen molar-refractivity contribution in [3.63, 3.8) is 0 Å². The maximum absolute atomic E-state index is 12.2. The highest BCUT2D eigenvalue weighted by Crippen LogP contribution is 2.24. The quantitative estimate of drug-likeness (QED) is 0.479. The molecule has 0 radical (unpaired) electrons. The molecule has 0 bridgehead atoms. The molecule has 1 N–H and O–H groups in total. The van der Waals surface area contributed by atoms with E-state index in [-0.39, 0.29) is 24.4 Å². The molecule has 1 heterocycles. The third-order valence-corrected chi connectivity index (χ3v) is 3.14. The number of carbonyl (C=O) groups is 1. The molecule has 7 heteroatoms. The number of nitro groups is 1. The van der Waals surface area contributed by atoms with E-state index in [1.165, 1.54) is 6.07 Å². The molecule has 0 saturated heterocycles. The fraction of sp³-hybridized carbons (Fsp3) is 0.250. The molecule has 0 aliphatic carbocycles. The highest BCUT2D eigenvalue weighted by atomic mass is 16.6. The van der Waals surface area contributed by atoms with Gasteiger partial charge >= 0.3 is 5.97 Å². The van der Waals surface area contributed by atoms with Crippen LogP contribution in [-0.2, 0) is 16.0 Å².